The number of carbonyl (C=O) groups excluding carboxylic acids is 2. The number of anilines is 3. The average Bonchev–Trinajstić information content (AvgIpc) is 2.89. The molecular formula is C29H34N4O4. The first-order valence-electron chi connectivity index (χ1n) is 12.7. The van der Waals surface area contributed by atoms with E-state index in [0.717, 1.165) is 32.7 Å². The molecular weight excluding hydrogens is 468 g/mol. The van der Waals surface area contributed by atoms with Crippen LogP contribution in [0.15, 0.2) is 66.9 Å². The molecule has 0 unspecified atom stereocenters. The van der Waals surface area contributed by atoms with E-state index in [9.17, 15) is 9.59 Å². The average molecular weight is 503 g/mol. The van der Waals surface area contributed by atoms with Gasteiger partial charge >= 0.3 is 11.9 Å². The SMILES string of the molecule is CCOC(=O)c1cccc(Nc2ccnc(N3CCN(Cc4ccccc4)CC3)c2C(=O)OC(C)C)c1. The van der Waals surface area contributed by atoms with Crippen LogP contribution in [0.5, 0.6) is 0 Å². The van der Waals surface area contributed by atoms with Gasteiger partial charge in [0, 0.05) is 44.6 Å². The highest BCUT2D eigenvalue weighted by atomic mass is 16.5. The van der Waals surface area contributed by atoms with Gasteiger partial charge in [0.25, 0.3) is 0 Å². The number of rotatable bonds is 9. The molecule has 0 aliphatic carbocycles. The van der Waals surface area contributed by atoms with Crippen LogP contribution in [-0.2, 0) is 16.0 Å². The smallest absolute Gasteiger partial charge is 0.344 e. The molecule has 2 aromatic carbocycles. The highest BCUT2D eigenvalue weighted by Gasteiger charge is 2.27. The summed E-state index contributed by atoms with van der Waals surface area (Å²) in [6, 6.07) is 19.2. The summed E-state index contributed by atoms with van der Waals surface area (Å²) < 4.78 is 10.7. The molecule has 1 aliphatic heterocycles. The third kappa shape index (κ3) is 6.86. The molecule has 1 aliphatic rings. The minimum atomic E-state index is -0.436. The molecule has 0 atom stereocenters. The molecule has 3 aromatic rings. The van der Waals surface area contributed by atoms with Crippen LogP contribution in [0, 0.1) is 0 Å². The van der Waals surface area contributed by atoms with E-state index in [0.29, 0.717) is 34.9 Å². The van der Waals surface area contributed by atoms with E-state index in [4.69, 9.17) is 9.47 Å². The maximum atomic E-state index is 13.3. The van der Waals surface area contributed by atoms with E-state index in [2.05, 4.69) is 44.4 Å². The Balaban J connectivity index is 1.57. The van der Waals surface area contributed by atoms with Crippen LogP contribution >= 0.6 is 0 Å². The number of ether oxygens (including phenoxy) is 2. The van der Waals surface area contributed by atoms with Gasteiger partial charge in [-0.15, -0.1) is 0 Å². The largest absolute Gasteiger partial charge is 0.462 e. The predicted octanol–water partition coefficient (Wildman–Crippen LogP) is 4.89. The van der Waals surface area contributed by atoms with Gasteiger partial charge in [-0.1, -0.05) is 36.4 Å². The number of nitrogens with zero attached hydrogens (tertiary/aromatic N) is 3. The Morgan fingerprint density at radius 3 is 2.43 bits per heavy atom. The van der Waals surface area contributed by atoms with Crippen LogP contribution in [0.3, 0.4) is 0 Å². The summed E-state index contributed by atoms with van der Waals surface area (Å²) in [4.78, 5) is 34.6. The highest BCUT2D eigenvalue weighted by molar-refractivity contribution is 6.02. The number of pyridine rings is 1. The minimum absolute atomic E-state index is 0.275. The van der Waals surface area contributed by atoms with Gasteiger partial charge in [-0.25, -0.2) is 14.6 Å². The fourth-order valence-electron chi connectivity index (χ4n) is 4.32. The highest BCUT2D eigenvalue weighted by Crippen LogP contribution is 2.30. The molecule has 2 heterocycles. The van der Waals surface area contributed by atoms with Crippen molar-refractivity contribution < 1.29 is 19.1 Å². The minimum Gasteiger partial charge on any atom is -0.462 e. The van der Waals surface area contributed by atoms with Gasteiger partial charge in [-0.3, -0.25) is 4.90 Å². The van der Waals surface area contributed by atoms with E-state index in [1.165, 1.54) is 5.56 Å². The third-order valence-electron chi connectivity index (χ3n) is 6.05. The standard InChI is InChI=1S/C29H34N4O4/c1-4-36-28(34)23-11-8-12-24(19-23)31-25-13-14-30-27(26(25)29(35)37-21(2)3)33-17-15-32(16-18-33)20-22-9-6-5-7-10-22/h5-14,19,21H,4,15-18,20H2,1-3H3,(H,30,31). The van der Waals surface area contributed by atoms with Gasteiger partial charge < -0.3 is 19.7 Å². The van der Waals surface area contributed by atoms with Gasteiger partial charge in [-0.05, 0) is 50.6 Å². The molecule has 194 valence electrons. The van der Waals surface area contributed by atoms with Gasteiger partial charge in [-0.2, -0.15) is 0 Å². The van der Waals surface area contributed by atoms with Crippen molar-refractivity contribution in [2.24, 2.45) is 0 Å². The summed E-state index contributed by atoms with van der Waals surface area (Å²) in [6.07, 6.45) is 1.42. The first kappa shape index (κ1) is 26.2. The second-order valence-corrected chi connectivity index (χ2v) is 9.19. The van der Waals surface area contributed by atoms with Gasteiger partial charge in [0.15, 0.2) is 0 Å². The summed E-state index contributed by atoms with van der Waals surface area (Å²) in [5.41, 5.74) is 3.33. The van der Waals surface area contributed by atoms with E-state index < -0.39 is 11.9 Å². The summed E-state index contributed by atoms with van der Waals surface area (Å²) in [5, 5.41) is 3.30. The van der Waals surface area contributed by atoms with E-state index >= 15 is 0 Å². The maximum Gasteiger partial charge on any atom is 0.344 e. The Labute approximate surface area is 218 Å². The zero-order chi connectivity index (χ0) is 26.2. The number of nitrogens with one attached hydrogen (secondary N) is 1. The molecule has 0 amide bonds. The monoisotopic (exact) mass is 502 g/mol. The Hall–Kier alpha value is -3.91. The summed E-state index contributed by atoms with van der Waals surface area (Å²) in [5.74, 6) is -0.236. The second kappa shape index (κ2) is 12.4. The maximum absolute atomic E-state index is 13.3. The van der Waals surface area contributed by atoms with Crippen molar-refractivity contribution in [1.82, 2.24) is 9.88 Å². The van der Waals surface area contributed by atoms with Gasteiger partial charge in [0.1, 0.15) is 11.4 Å². The number of esters is 2. The van der Waals surface area contributed by atoms with E-state index in [1.54, 1.807) is 37.4 Å². The third-order valence-corrected chi connectivity index (χ3v) is 6.05. The molecule has 8 nitrogen and oxygen atoms in total. The Kier molecular flexibility index (Phi) is 8.74. The molecule has 0 radical (unpaired) electrons. The van der Waals surface area contributed by atoms with Crippen molar-refractivity contribution in [2.45, 2.75) is 33.4 Å². The van der Waals surface area contributed by atoms with Crippen molar-refractivity contribution in [3.8, 4) is 0 Å². The van der Waals surface area contributed by atoms with Crippen molar-refractivity contribution in [1.29, 1.82) is 0 Å². The molecule has 0 spiro atoms. The lowest BCUT2D eigenvalue weighted by molar-refractivity contribution is 0.0378. The molecule has 1 fully saturated rings. The van der Waals surface area contributed by atoms with E-state index in [-0.39, 0.29) is 6.10 Å². The lowest BCUT2D eigenvalue weighted by Crippen LogP contribution is -2.46. The van der Waals surface area contributed by atoms with Crippen LogP contribution in [0.1, 0.15) is 47.1 Å². The van der Waals surface area contributed by atoms with Crippen LogP contribution < -0.4 is 10.2 Å². The van der Waals surface area contributed by atoms with Gasteiger partial charge in [0.2, 0.25) is 0 Å². The Bertz CT molecular complexity index is 1210. The molecule has 8 heteroatoms. The summed E-state index contributed by atoms with van der Waals surface area (Å²) in [6.45, 7) is 9.80. The summed E-state index contributed by atoms with van der Waals surface area (Å²) in [7, 11) is 0. The van der Waals surface area contributed by atoms with Crippen LogP contribution in [0.25, 0.3) is 0 Å². The topological polar surface area (TPSA) is 84.0 Å². The van der Waals surface area contributed by atoms with Gasteiger partial charge in [0.05, 0.1) is 24.0 Å². The summed E-state index contributed by atoms with van der Waals surface area (Å²) >= 11 is 0. The number of benzene rings is 2. The second-order valence-electron chi connectivity index (χ2n) is 9.19. The number of carbonyl (C=O) groups is 2. The number of hydrogen-bond acceptors (Lipinski definition) is 8. The first-order chi connectivity index (χ1) is 17.9. The van der Waals surface area contributed by atoms with Crippen molar-refractivity contribution in [3.05, 3.63) is 83.6 Å². The van der Waals surface area contributed by atoms with Crippen molar-refractivity contribution in [3.63, 3.8) is 0 Å². The Morgan fingerprint density at radius 2 is 1.73 bits per heavy atom. The van der Waals surface area contributed by atoms with Crippen LogP contribution in [-0.4, -0.2) is 60.7 Å². The molecule has 1 saturated heterocycles. The lowest BCUT2D eigenvalue weighted by Gasteiger charge is -2.36. The molecule has 0 saturated carbocycles. The van der Waals surface area contributed by atoms with Crippen molar-refractivity contribution in [2.75, 3.05) is 43.0 Å². The molecule has 1 N–H and O–H groups in total. The fourth-order valence-corrected chi connectivity index (χ4v) is 4.32. The molecule has 1 aromatic heterocycles. The normalized spacial score (nSPS) is 13.9. The fraction of sp³-hybridized carbons (Fsp3) is 0.345. The Morgan fingerprint density at radius 1 is 0.973 bits per heavy atom. The van der Waals surface area contributed by atoms with E-state index in [1.807, 2.05) is 26.0 Å². The van der Waals surface area contributed by atoms with Crippen LogP contribution in [0.4, 0.5) is 17.2 Å². The first-order valence-corrected chi connectivity index (χ1v) is 12.7. The molecule has 37 heavy (non-hydrogen) atoms. The molecule has 0 bridgehead atoms. The number of aromatic nitrogens is 1. The predicted molar refractivity (Wildman–Crippen MR) is 144 cm³/mol. The quantitative estimate of drug-likeness (QED) is 0.414. The van der Waals surface area contributed by atoms with Crippen molar-refractivity contribution >= 4 is 29.1 Å². The zero-order valence-electron chi connectivity index (χ0n) is 21.6. The number of hydrogen-bond donors (Lipinski definition) is 1. The lowest BCUT2D eigenvalue weighted by atomic mass is 10.1. The molecule has 4 rings (SSSR count). The zero-order valence-corrected chi connectivity index (χ0v) is 21.6. The van der Waals surface area contributed by atoms with Crippen LogP contribution in [0.2, 0.25) is 0 Å². The number of piperazine rings is 1.